The molecule has 0 unspecified atom stereocenters. The lowest BCUT2D eigenvalue weighted by Gasteiger charge is -2.15. The van der Waals surface area contributed by atoms with Crippen molar-refractivity contribution < 1.29 is 17.3 Å². The molecular weight excluding hydrogens is 445 g/mol. The number of rotatable bonds is 7. The predicted molar refractivity (Wildman–Crippen MR) is 121 cm³/mol. The molecule has 8 heteroatoms. The highest BCUT2D eigenvalue weighted by Crippen LogP contribution is 2.38. The van der Waals surface area contributed by atoms with Crippen LogP contribution in [-0.2, 0) is 16.7 Å². The van der Waals surface area contributed by atoms with Crippen molar-refractivity contribution in [2.45, 2.75) is 25.3 Å². The maximum Gasteiger partial charge on any atom is 0.339 e. The smallest absolute Gasteiger partial charge is 0.339 e. The van der Waals surface area contributed by atoms with E-state index in [4.69, 9.17) is 32.1 Å². The van der Waals surface area contributed by atoms with E-state index in [1.54, 1.807) is 24.3 Å². The van der Waals surface area contributed by atoms with Crippen LogP contribution in [-0.4, -0.2) is 15.5 Å². The number of aryl methyl sites for hydroxylation is 2. The van der Waals surface area contributed by atoms with Crippen LogP contribution in [0.25, 0.3) is 0 Å². The Hall–Kier alpha value is -2.41. The van der Waals surface area contributed by atoms with Gasteiger partial charge in [-0.05, 0) is 61.4 Å². The topological polar surface area (TPSA) is 64.6 Å². The van der Waals surface area contributed by atoms with Crippen molar-refractivity contribution in [1.29, 1.82) is 0 Å². The van der Waals surface area contributed by atoms with Crippen molar-refractivity contribution in [3.8, 4) is 11.5 Å². The van der Waals surface area contributed by atoms with E-state index in [1.807, 2.05) is 32.0 Å². The minimum Gasteiger partial charge on any atom is -0.493 e. The number of anilines is 1. The average Bonchev–Trinajstić information content (AvgIpc) is 2.70. The van der Waals surface area contributed by atoms with E-state index in [-0.39, 0.29) is 21.4 Å². The molecule has 0 spiro atoms. The van der Waals surface area contributed by atoms with Gasteiger partial charge < -0.3 is 14.2 Å². The molecule has 0 amide bonds. The second-order valence-electron chi connectivity index (χ2n) is 6.78. The maximum atomic E-state index is 12.6. The van der Waals surface area contributed by atoms with E-state index in [2.05, 4.69) is 5.32 Å². The minimum absolute atomic E-state index is 0.0354. The van der Waals surface area contributed by atoms with Gasteiger partial charge in [-0.3, -0.25) is 0 Å². The molecule has 3 rings (SSSR count). The number of nitrogens with one attached hydrogen (secondary N) is 1. The second-order valence-corrected chi connectivity index (χ2v) is 9.14. The Kier molecular flexibility index (Phi) is 6.81. The molecule has 0 aromatic heterocycles. The van der Waals surface area contributed by atoms with Gasteiger partial charge in [0.05, 0.1) is 12.1 Å². The zero-order valence-corrected chi connectivity index (χ0v) is 19.0. The third kappa shape index (κ3) is 5.19. The lowest BCUT2D eigenvalue weighted by Crippen LogP contribution is -2.11. The van der Waals surface area contributed by atoms with Crippen molar-refractivity contribution in [1.82, 2.24) is 0 Å². The zero-order chi connectivity index (χ0) is 21.9. The van der Waals surface area contributed by atoms with Crippen LogP contribution in [0.2, 0.25) is 10.0 Å². The van der Waals surface area contributed by atoms with Crippen molar-refractivity contribution in [3.63, 3.8) is 0 Å². The number of methoxy groups -OCH3 is 1. The van der Waals surface area contributed by atoms with E-state index in [0.717, 1.165) is 22.4 Å². The predicted octanol–water partition coefficient (Wildman–Crippen LogP) is 6.00. The first kappa shape index (κ1) is 22.3. The van der Waals surface area contributed by atoms with Crippen LogP contribution in [0.5, 0.6) is 11.5 Å². The summed E-state index contributed by atoms with van der Waals surface area (Å²) in [7, 11) is -2.63. The molecule has 0 fully saturated rings. The lowest BCUT2D eigenvalue weighted by molar-refractivity contribution is 0.390. The molecule has 0 atom stereocenters. The Labute approximate surface area is 186 Å². The zero-order valence-electron chi connectivity index (χ0n) is 16.7. The van der Waals surface area contributed by atoms with E-state index in [0.29, 0.717) is 11.6 Å². The number of hydrogen-bond donors (Lipinski definition) is 1. The molecule has 3 aromatic carbocycles. The SMILES string of the molecule is COc1cc(CNc2ccc(C)c(Cl)c2)cc(Cl)c1OS(=O)(=O)c1ccc(C)cc1. The Morgan fingerprint density at radius 2 is 1.63 bits per heavy atom. The van der Waals surface area contributed by atoms with Crippen LogP contribution in [0, 0.1) is 13.8 Å². The molecule has 0 saturated heterocycles. The van der Waals surface area contributed by atoms with Crippen LogP contribution in [0.15, 0.2) is 59.5 Å². The number of halogens is 2. The summed E-state index contributed by atoms with van der Waals surface area (Å²) in [5.41, 5.74) is 3.57. The number of ether oxygens (including phenoxy) is 1. The van der Waals surface area contributed by atoms with Crippen LogP contribution >= 0.6 is 23.2 Å². The summed E-state index contributed by atoms with van der Waals surface area (Å²) in [6.45, 7) is 4.23. The first-order valence-corrected chi connectivity index (χ1v) is 11.2. The molecular formula is C22H21Cl2NO4S. The standard InChI is InChI=1S/C22H21Cl2NO4S/c1-14-4-8-18(9-5-14)30(26,27)29-22-20(24)10-16(11-21(22)28-3)13-25-17-7-6-15(2)19(23)12-17/h4-12,25H,13H2,1-3H3. The average molecular weight is 466 g/mol. The molecule has 30 heavy (non-hydrogen) atoms. The molecule has 3 aromatic rings. The quantitative estimate of drug-likeness (QED) is 0.433. The van der Waals surface area contributed by atoms with Gasteiger partial charge in [0.15, 0.2) is 5.75 Å². The minimum atomic E-state index is -4.06. The highest BCUT2D eigenvalue weighted by molar-refractivity contribution is 7.87. The van der Waals surface area contributed by atoms with Crippen molar-refractivity contribution in [2.75, 3.05) is 12.4 Å². The van der Waals surface area contributed by atoms with Gasteiger partial charge in [-0.1, -0.05) is 47.0 Å². The molecule has 158 valence electrons. The summed E-state index contributed by atoms with van der Waals surface area (Å²) in [6, 6.07) is 15.3. The number of benzene rings is 3. The summed E-state index contributed by atoms with van der Waals surface area (Å²) in [4.78, 5) is 0.0354. The molecule has 0 aliphatic heterocycles. The molecule has 0 aliphatic carbocycles. The van der Waals surface area contributed by atoms with Crippen LogP contribution < -0.4 is 14.2 Å². The third-order valence-electron chi connectivity index (χ3n) is 4.46. The summed E-state index contributed by atoms with van der Waals surface area (Å²) < 4.78 is 35.9. The van der Waals surface area contributed by atoms with Crippen LogP contribution in [0.4, 0.5) is 5.69 Å². The first-order valence-electron chi connectivity index (χ1n) is 9.07. The van der Waals surface area contributed by atoms with E-state index < -0.39 is 10.1 Å². The molecule has 0 aliphatic rings. The van der Waals surface area contributed by atoms with Gasteiger partial charge in [-0.2, -0.15) is 8.42 Å². The maximum absolute atomic E-state index is 12.6. The van der Waals surface area contributed by atoms with E-state index >= 15 is 0 Å². The van der Waals surface area contributed by atoms with Gasteiger partial charge in [-0.25, -0.2) is 0 Å². The highest BCUT2D eigenvalue weighted by Gasteiger charge is 2.22. The summed E-state index contributed by atoms with van der Waals surface area (Å²) >= 11 is 12.5. The Balaban J connectivity index is 1.83. The molecule has 1 N–H and O–H groups in total. The van der Waals surface area contributed by atoms with Gasteiger partial charge >= 0.3 is 10.1 Å². The van der Waals surface area contributed by atoms with Gasteiger partial charge in [0, 0.05) is 17.3 Å². The summed E-state index contributed by atoms with van der Waals surface area (Å²) in [5, 5.41) is 4.04. The van der Waals surface area contributed by atoms with Crippen molar-refractivity contribution >= 4 is 39.0 Å². The Bertz CT molecular complexity index is 1160. The van der Waals surface area contributed by atoms with Crippen LogP contribution in [0.1, 0.15) is 16.7 Å². The van der Waals surface area contributed by atoms with Crippen molar-refractivity contribution in [3.05, 3.63) is 81.3 Å². The molecule has 5 nitrogen and oxygen atoms in total. The molecule has 0 saturated carbocycles. The van der Waals surface area contributed by atoms with E-state index in [9.17, 15) is 8.42 Å². The fourth-order valence-corrected chi connectivity index (χ4v) is 4.18. The van der Waals surface area contributed by atoms with Gasteiger partial charge in [0.25, 0.3) is 0 Å². The van der Waals surface area contributed by atoms with Crippen molar-refractivity contribution in [2.24, 2.45) is 0 Å². The van der Waals surface area contributed by atoms with Gasteiger partial charge in [0.1, 0.15) is 4.90 Å². The lowest BCUT2D eigenvalue weighted by atomic mass is 10.2. The fourth-order valence-electron chi connectivity index (χ4n) is 2.73. The monoisotopic (exact) mass is 465 g/mol. The molecule has 0 radical (unpaired) electrons. The summed E-state index contributed by atoms with van der Waals surface area (Å²) in [6.07, 6.45) is 0. The molecule has 0 bridgehead atoms. The number of hydrogen-bond acceptors (Lipinski definition) is 5. The molecule has 0 heterocycles. The fraction of sp³-hybridized carbons (Fsp3) is 0.182. The summed E-state index contributed by atoms with van der Waals surface area (Å²) in [5.74, 6) is 0.166. The Morgan fingerprint density at radius 1 is 0.933 bits per heavy atom. The van der Waals surface area contributed by atoms with Crippen LogP contribution in [0.3, 0.4) is 0 Å². The second kappa shape index (κ2) is 9.16. The Morgan fingerprint density at radius 3 is 2.27 bits per heavy atom. The highest BCUT2D eigenvalue weighted by atomic mass is 35.5. The van der Waals surface area contributed by atoms with Gasteiger partial charge in [0.2, 0.25) is 5.75 Å². The first-order chi connectivity index (χ1) is 14.2. The van der Waals surface area contributed by atoms with E-state index in [1.165, 1.54) is 19.2 Å². The van der Waals surface area contributed by atoms with Gasteiger partial charge in [-0.15, -0.1) is 0 Å². The third-order valence-corrected chi connectivity index (χ3v) is 6.38. The largest absolute Gasteiger partial charge is 0.493 e. The normalized spacial score (nSPS) is 11.2.